The molecule has 6 heteroatoms. The Morgan fingerprint density at radius 2 is 2.25 bits per heavy atom. The fourth-order valence-corrected chi connectivity index (χ4v) is 2.38. The Bertz CT molecular complexity index is 560. The van der Waals surface area contributed by atoms with Crippen molar-refractivity contribution in [3.8, 4) is 0 Å². The highest BCUT2D eigenvalue weighted by atomic mass is 19.1. The molecule has 0 heterocycles. The van der Waals surface area contributed by atoms with Gasteiger partial charge in [-0.25, -0.2) is 4.39 Å². The Labute approximate surface area is 116 Å². The van der Waals surface area contributed by atoms with Gasteiger partial charge in [-0.3, -0.25) is 14.9 Å². The maximum atomic E-state index is 13.9. The van der Waals surface area contributed by atoms with Gasteiger partial charge in [0, 0.05) is 18.2 Å². The molecular formula is C14H17FN2O3. The smallest absolute Gasteiger partial charge is 0.270 e. The van der Waals surface area contributed by atoms with Crippen molar-refractivity contribution in [2.75, 3.05) is 0 Å². The maximum Gasteiger partial charge on any atom is 0.270 e. The average Bonchev–Trinajstić information content (AvgIpc) is 3.10. The largest absolute Gasteiger partial charge is 0.349 e. The van der Waals surface area contributed by atoms with Crippen molar-refractivity contribution in [1.82, 2.24) is 5.32 Å². The molecule has 5 nitrogen and oxygen atoms in total. The highest BCUT2D eigenvalue weighted by Gasteiger charge is 2.37. The molecule has 0 aromatic heterocycles. The van der Waals surface area contributed by atoms with E-state index in [0.29, 0.717) is 5.92 Å². The van der Waals surface area contributed by atoms with Gasteiger partial charge in [0.25, 0.3) is 11.6 Å². The van der Waals surface area contributed by atoms with E-state index in [0.717, 1.165) is 31.4 Å². The van der Waals surface area contributed by atoms with Gasteiger partial charge in [0.05, 0.1) is 10.5 Å². The van der Waals surface area contributed by atoms with Gasteiger partial charge in [-0.1, -0.05) is 13.3 Å². The topological polar surface area (TPSA) is 72.2 Å². The minimum Gasteiger partial charge on any atom is -0.349 e. The quantitative estimate of drug-likeness (QED) is 0.665. The highest BCUT2D eigenvalue weighted by molar-refractivity contribution is 5.95. The molecule has 1 fully saturated rings. The van der Waals surface area contributed by atoms with E-state index in [-0.39, 0.29) is 22.9 Å². The summed E-state index contributed by atoms with van der Waals surface area (Å²) >= 11 is 0. The molecule has 0 bridgehead atoms. The number of benzene rings is 1. The van der Waals surface area contributed by atoms with Crippen LogP contribution in [0.2, 0.25) is 0 Å². The SMILES string of the molecule is CCCC1CC1NC(=O)c1cc([N+](=O)[O-])cc(C)c1F. The van der Waals surface area contributed by atoms with Gasteiger partial charge in [0.2, 0.25) is 0 Å². The molecule has 20 heavy (non-hydrogen) atoms. The van der Waals surface area contributed by atoms with Gasteiger partial charge in [-0.2, -0.15) is 0 Å². The lowest BCUT2D eigenvalue weighted by Crippen LogP contribution is -2.28. The summed E-state index contributed by atoms with van der Waals surface area (Å²) in [7, 11) is 0. The molecule has 2 atom stereocenters. The summed E-state index contributed by atoms with van der Waals surface area (Å²) < 4.78 is 13.9. The first kappa shape index (κ1) is 14.4. The zero-order valence-electron chi connectivity index (χ0n) is 11.5. The van der Waals surface area contributed by atoms with Crippen LogP contribution in [-0.4, -0.2) is 16.9 Å². The zero-order valence-corrected chi connectivity index (χ0v) is 11.5. The van der Waals surface area contributed by atoms with Crippen molar-refractivity contribution in [3.63, 3.8) is 0 Å². The summed E-state index contributed by atoms with van der Waals surface area (Å²) in [5, 5.41) is 13.5. The van der Waals surface area contributed by atoms with Crippen molar-refractivity contribution in [1.29, 1.82) is 0 Å². The van der Waals surface area contributed by atoms with Crippen molar-refractivity contribution < 1.29 is 14.1 Å². The summed E-state index contributed by atoms with van der Waals surface area (Å²) in [5.74, 6) is -0.814. The summed E-state index contributed by atoms with van der Waals surface area (Å²) in [6.07, 6.45) is 2.97. The number of rotatable bonds is 5. The van der Waals surface area contributed by atoms with Gasteiger partial charge in [-0.05, 0) is 31.2 Å². The summed E-state index contributed by atoms with van der Waals surface area (Å²) in [6.45, 7) is 3.48. The van der Waals surface area contributed by atoms with E-state index in [1.807, 2.05) is 0 Å². The van der Waals surface area contributed by atoms with Crippen molar-refractivity contribution in [3.05, 3.63) is 39.2 Å². The number of carbonyl (C=O) groups is 1. The number of nitro groups is 1. The fourth-order valence-electron chi connectivity index (χ4n) is 2.38. The van der Waals surface area contributed by atoms with Crippen molar-refractivity contribution in [2.45, 2.75) is 39.2 Å². The molecule has 1 aliphatic carbocycles. The number of aryl methyl sites for hydroxylation is 1. The highest BCUT2D eigenvalue weighted by Crippen LogP contribution is 2.35. The molecule has 1 aromatic rings. The van der Waals surface area contributed by atoms with E-state index in [4.69, 9.17) is 0 Å². The molecule has 2 rings (SSSR count). The third-order valence-corrected chi connectivity index (χ3v) is 3.59. The van der Waals surface area contributed by atoms with Crippen LogP contribution in [0.4, 0.5) is 10.1 Å². The second-order valence-corrected chi connectivity index (χ2v) is 5.25. The molecule has 1 N–H and O–H groups in total. The Kier molecular flexibility index (Phi) is 4.01. The van der Waals surface area contributed by atoms with Crippen molar-refractivity contribution in [2.24, 2.45) is 5.92 Å². The monoisotopic (exact) mass is 280 g/mol. The number of hydrogen-bond donors (Lipinski definition) is 1. The number of nitrogens with zero attached hydrogens (tertiary/aromatic N) is 1. The number of halogens is 1. The maximum absolute atomic E-state index is 13.9. The zero-order chi connectivity index (χ0) is 14.9. The molecule has 0 saturated heterocycles. The van der Waals surface area contributed by atoms with Gasteiger partial charge < -0.3 is 5.32 Å². The summed E-state index contributed by atoms with van der Waals surface area (Å²) in [4.78, 5) is 22.2. The number of nitro benzene ring substituents is 1. The molecule has 2 unspecified atom stereocenters. The Hall–Kier alpha value is -1.98. The lowest BCUT2D eigenvalue weighted by Gasteiger charge is -2.07. The first-order valence-electron chi connectivity index (χ1n) is 6.69. The van der Waals surface area contributed by atoms with Crippen LogP contribution in [0, 0.1) is 28.8 Å². The molecule has 0 spiro atoms. The second kappa shape index (κ2) is 5.56. The second-order valence-electron chi connectivity index (χ2n) is 5.25. The number of hydrogen-bond acceptors (Lipinski definition) is 3. The average molecular weight is 280 g/mol. The molecule has 1 saturated carbocycles. The van der Waals surface area contributed by atoms with E-state index in [1.54, 1.807) is 0 Å². The normalized spacial score (nSPS) is 20.6. The number of carbonyl (C=O) groups excluding carboxylic acids is 1. The molecule has 108 valence electrons. The van der Waals surface area contributed by atoms with E-state index >= 15 is 0 Å². The minimum atomic E-state index is -0.694. The van der Waals surface area contributed by atoms with Crippen LogP contribution in [0.3, 0.4) is 0 Å². The van der Waals surface area contributed by atoms with E-state index < -0.39 is 16.6 Å². The Morgan fingerprint density at radius 1 is 1.55 bits per heavy atom. The first-order valence-corrected chi connectivity index (χ1v) is 6.69. The van der Waals surface area contributed by atoms with Crippen LogP contribution in [-0.2, 0) is 0 Å². The van der Waals surface area contributed by atoms with Crippen LogP contribution in [0.15, 0.2) is 12.1 Å². The predicted molar refractivity (Wildman–Crippen MR) is 72.1 cm³/mol. The van der Waals surface area contributed by atoms with Crippen LogP contribution in [0.1, 0.15) is 42.1 Å². The summed E-state index contributed by atoms with van der Waals surface area (Å²) in [6, 6.07) is 2.19. The third-order valence-electron chi connectivity index (χ3n) is 3.59. The predicted octanol–water partition coefficient (Wildman–Crippen LogP) is 2.96. The molecule has 0 aliphatic heterocycles. The first-order chi connectivity index (χ1) is 9.43. The van der Waals surface area contributed by atoms with Gasteiger partial charge in [0.15, 0.2) is 0 Å². The minimum absolute atomic E-state index is 0.0708. The number of non-ortho nitro benzene ring substituents is 1. The molecule has 1 aliphatic rings. The molecular weight excluding hydrogens is 263 g/mol. The standard InChI is InChI=1S/C14H17FN2O3/c1-3-4-9-6-12(9)16-14(18)11-7-10(17(19)20)5-8(2)13(11)15/h5,7,9,12H,3-4,6H2,1-2H3,(H,16,18). The van der Waals surface area contributed by atoms with Crippen LogP contribution < -0.4 is 5.32 Å². The third kappa shape index (κ3) is 2.95. The lowest BCUT2D eigenvalue weighted by atomic mass is 10.1. The van der Waals surface area contributed by atoms with Crippen LogP contribution in [0.25, 0.3) is 0 Å². The van der Waals surface area contributed by atoms with Crippen LogP contribution in [0.5, 0.6) is 0 Å². The number of amides is 1. The number of nitrogens with one attached hydrogen (secondary N) is 1. The molecule has 1 amide bonds. The van der Waals surface area contributed by atoms with Gasteiger partial charge in [-0.15, -0.1) is 0 Å². The molecule has 1 aromatic carbocycles. The van der Waals surface area contributed by atoms with E-state index in [2.05, 4.69) is 12.2 Å². The van der Waals surface area contributed by atoms with E-state index in [1.165, 1.54) is 6.92 Å². The fraction of sp³-hybridized carbons (Fsp3) is 0.500. The van der Waals surface area contributed by atoms with Gasteiger partial charge in [0.1, 0.15) is 5.82 Å². The van der Waals surface area contributed by atoms with Crippen molar-refractivity contribution >= 4 is 11.6 Å². The van der Waals surface area contributed by atoms with Gasteiger partial charge >= 0.3 is 0 Å². The lowest BCUT2D eigenvalue weighted by molar-refractivity contribution is -0.385. The summed E-state index contributed by atoms with van der Waals surface area (Å²) in [5.41, 5.74) is -0.418. The van der Waals surface area contributed by atoms with Crippen LogP contribution >= 0.6 is 0 Å². The molecule has 0 radical (unpaired) electrons. The Balaban J connectivity index is 2.15. The van der Waals surface area contributed by atoms with E-state index in [9.17, 15) is 19.3 Å². The Morgan fingerprint density at radius 3 is 2.85 bits per heavy atom.